The number of aryl methyl sites for hydroxylation is 2. The Labute approximate surface area is 112 Å². The third-order valence-electron chi connectivity index (χ3n) is 2.60. The standard InChI is InChI=1S/C12H20N4O3/c1-2-13-11(17)7-8-16-9-10(14-15-16)5-3-4-6-12(18)19/h9H,2-8H2,1H3,(H,13,17)(H,18,19). The molecule has 0 aromatic carbocycles. The summed E-state index contributed by atoms with van der Waals surface area (Å²) in [5, 5.41) is 19.2. The van der Waals surface area contributed by atoms with Gasteiger partial charge in [0.05, 0.1) is 12.2 Å². The molecule has 0 fully saturated rings. The maximum absolute atomic E-state index is 11.3. The Kier molecular flexibility index (Phi) is 6.56. The van der Waals surface area contributed by atoms with Crippen molar-refractivity contribution in [3.05, 3.63) is 11.9 Å². The van der Waals surface area contributed by atoms with Crippen LogP contribution in [0.2, 0.25) is 0 Å². The molecule has 0 unspecified atom stereocenters. The number of aromatic nitrogens is 3. The van der Waals surface area contributed by atoms with E-state index >= 15 is 0 Å². The number of carboxylic acid groups (broad SMARTS) is 1. The van der Waals surface area contributed by atoms with Crippen LogP contribution >= 0.6 is 0 Å². The molecule has 1 heterocycles. The summed E-state index contributed by atoms with van der Waals surface area (Å²) < 4.78 is 1.64. The molecule has 0 atom stereocenters. The van der Waals surface area contributed by atoms with Crippen molar-refractivity contribution in [2.75, 3.05) is 6.54 Å². The van der Waals surface area contributed by atoms with E-state index in [-0.39, 0.29) is 12.3 Å². The average Bonchev–Trinajstić information content (AvgIpc) is 2.80. The number of hydrogen-bond acceptors (Lipinski definition) is 4. The Hall–Kier alpha value is -1.92. The fourth-order valence-corrected chi connectivity index (χ4v) is 1.65. The van der Waals surface area contributed by atoms with Crippen molar-refractivity contribution in [1.82, 2.24) is 20.3 Å². The zero-order valence-electron chi connectivity index (χ0n) is 11.1. The molecule has 1 aromatic rings. The second kappa shape index (κ2) is 8.23. The van der Waals surface area contributed by atoms with Gasteiger partial charge in [0.1, 0.15) is 0 Å². The van der Waals surface area contributed by atoms with Crippen molar-refractivity contribution in [3.63, 3.8) is 0 Å². The monoisotopic (exact) mass is 268 g/mol. The smallest absolute Gasteiger partial charge is 0.303 e. The lowest BCUT2D eigenvalue weighted by Crippen LogP contribution is -2.23. The van der Waals surface area contributed by atoms with Gasteiger partial charge >= 0.3 is 5.97 Å². The van der Waals surface area contributed by atoms with Gasteiger partial charge in [0.15, 0.2) is 0 Å². The first-order chi connectivity index (χ1) is 9.11. The summed E-state index contributed by atoms with van der Waals surface area (Å²) in [7, 11) is 0. The van der Waals surface area contributed by atoms with Gasteiger partial charge in [-0.3, -0.25) is 14.3 Å². The van der Waals surface area contributed by atoms with Crippen LogP contribution in [-0.2, 0) is 22.6 Å². The number of aliphatic carboxylic acids is 1. The summed E-state index contributed by atoms with van der Waals surface area (Å²) in [5.41, 5.74) is 0.835. The van der Waals surface area contributed by atoms with E-state index in [1.165, 1.54) is 0 Å². The van der Waals surface area contributed by atoms with Gasteiger partial charge in [-0.1, -0.05) is 5.21 Å². The van der Waals surface area contributed by atoms with Gasteiger partial charge in [-0.2, -0.15) is 0 Å². The second-order valence-electron chi connectivity index (χ2n) is 4.28. The molecule has 0 saturated heterocycles. The molecule has 0 bridgehead atoms. The first kappa shape index (κ1) is 15.1. The van der Waals surface area contributed by atoms with Crippen LogP contribution in [0.3, 0.4) is 0 Å². The average molecular weight is 268 g/mol. The third-order valence-corrected chi connectivity index (χ3v) is 2.60. The number of nitrogens with zero attached hydrogens (tertiary/aromatic N) is 3. The van der Waals surface area contributed by atoms with Gasteiger partial charge in [-0.15, -0.1) is 5.10 Å². The highest BCUT2D eigenvalue weighted by atomic mass is 16.4. The van der Waals surface area contributed by atoms with Crippen LogP contribution in [0.4, 0.5) is 0 Å². The molecule has 1 rings (SSSR count). The Morgan fingerprint density at radius 3 is 2.84 bits per heavy atom. The van der Waals surface area contributed by atoms with Crippen molar-refractivity contribution in [3.8, 4) is 0 Å². The Morgan fingerprint density at radius 2 is 2.16 bits per heavy atom. The molecule has 0 aliphatic carbocycles. The molecular weight excluding hydrogens is 248 g/mol. The molecule has 0 radical (unpaired) electrons. The van der Waals surface area contributed by atoms with Gasteiger partial charge in [-0.05, 0) is 26.2 Å². The van der Waals surface area contributed by atoms with Crippen molar-refractivity contribution >= 4 is 11.9 Å². The number of hydrogen-bond donors (Lipinski definition) is 2. The summed E-state index contributed by atoms with van der Waals surface area (Å²) in [6, 6.07) is 0. The molecule has 1 amide bonds. The number of amides is 1. The topological polar surface area (TPSA) is 97.1 Å². The number of carbonyl (C=O) groups excluding carboxylic acids is 1. The van der Waals surface area contributed by atoms with E-state index in [0.29, 0.717) is 32.4 Å². The first-order valence-electron chi connectivity index (χ1n) is 6.49. The van der Waals surface area contributed by atoms with Crippen molar-refractivity contribution in [1.29, 1.82) is 0 Å². The van der Waals surface area contributed by atoms with Gasteiger partial charge in [0, 0.05) is 25.6 Å². The fraction of sp³-hybridized carbons (Fsp3) is 0.667. The van der Waals surface area contributed by atoms with Crippen molar-refractivity contribution in [2.24, 2.45) is 0 Å². The minimum absolute atomic E-state index is 0.000934. The normalized spacial score (nSPS) is 10.4. The maximum atomic E-state index is 11.3. The highest BCUT2D eigenvalue weighted by molar-refractivity contribution is 5.75. The predicted molar refractivity (Wildman–Crippen MR) is 68.5 cm³/mol. The minimum atomic E-state index is -0.773. The minimum Gasteiger partial charge on any atom is -0.481 e. The molecule has 0 spiro atoms. The predicted octanol–water partition coefficient (Wildman–Crippen LogP) is 0.602. The van der Waals surface area contributed by atoms with Crippen LogP contribution in [0.25, 0.3) is 0 Å². The Morgan fingerprint density at radius 1 is 1.37 bits per heavy atom. The van der Waals surface area contributed by atoms with Crippen molar-refractivity contribution < 1.29 is 14.7 Å². The lowest BCUT2D eigenvalue weighted by molar-refractivity contribution is -0.137. The number of nitrogens with one attached hydrogen (secondary N) is 1. The van der Waals surface area contributed by atoms with Crippen LogP contribution in [0.5, 0.6) is 0 Å². The van der Waals surface area contributed by atoms with E-state index < -0.39 is 5.97 Å². The van der Waals surface area contributed by atoms with Crippen LogP contribution in [0, 0.1) is 0 Å². The molecule has 0 aliphatic rings. The quantitative estimate of drug-likeness (QED) is 0.639. The molecule has 0 aliphatic heterocycles. The lowest BCUT2D eigenvalue weighted by Gasteiger charge is -2.01. The lowest BCUT2D eigenvalue weighted by atomic mass is 10.1. The number of rotatable bonds is 9. The maximum Gasteiger partial charge on any atom is 0.303 e. The highest BCUT2D eigenvalue weighted by Gasteiger charge is 2.04. The number of carboxylic acids is 1. The van der Waals surface area contributed by atoms with Gasteiger partial charge in [0.2, 0.25) is 5.91 Å². The molecular formula is C12H20N4O3. The molecule has 106 valence electrons. The van der Waals surface area contributed by atoms with Crippen LogP contribution in [0.1, 0.15) is 38.3 Å². The van der Waals surface area contributed by atoms with Crippen LogP contribution in [-0.4, -0.2) is 38.5 Å². The molecule has 1 aromatic heterocycles. The summed E-state index contributed by atoms with van der Waals surface area (Å²) in [4.78, 5) is 21.6. The molecule has 7 heteroatoms. The highest BCUT2D eigenvalue weighted by Crippen LogP contribution is 2.03. The molecule has 2 N–H and O–H groups in total. The first-order valence-corrected chi connectivity index (χ1v) is 6.49. The van der Waals surface area contributed by atoms with E-state index in [9.17, 15) is 9.59 Å². The van der Waals surface area contributed by atoms with E-state index in [1.807, 2.05) is 6.92 Å². The van der Waals surface area contributed by atoms with Gasteiger partial charge in [0.25, 0.3) is 0 Å². The summed E-state index contributed by atoms with van der Waals surface area (Å²) in [6.45, 7) is 3.02. The summed E-state index contributed by atoms with van der Waals surface area (Å²) >= 11 is 0. The molecule has 7 nitrogen and oxygen atoms in total. The zero-order valence-corrected chi connectivity index (χ0v) is 11.1. The van der Waals surface area contributed by atoms with Gasteiger partial charge < -0.3 is 10.4 Å². The van der Waals surface area contributed by atoms with E-state index in [0.717, 1.165) is 12.1 Å². The van der Waals surface area contributed by atoms with Crippen LogP contribution < -0.4 is 5.32 Å². The Bertz CT molecular complexity index is 417. The largest absolute Gasteiger partial charge is 0.481 e. The van der Waals surface area contributed by atoms with E-state index in [1.54, 1.807) is 10.9 Å². The second-order valence-corrected chi connectivity index (χ2v) is 4.28. The number of unbranched alkanes of at least 4 members (excludes halogenated alkanes) is 1. The zero-order chi connectivity index (χ0) is 14.1. The SMILES string of the molecule is CCNC(=O)CCn1cc(CCCCC(=O)O)nn1. The Balaban J connectivity index is 2.24. The third kappa shape index (κ3) is 6.54. The van der Waals surface area contributed by atoms with E-state index in [4.69, 9.17) is 5.11 Å². The number of carbonyl (C=O) groups is 2. The molecule has 0 saturated carbocycles. The van der Waals surface area contributed by atoms with Crippen molar-refractivity contribution in [2.45, 2.75) is 45.6 Å². The molecule has 19 heavy (non-hydrogen) atoms. The summed E-state index contributed by atoms with van der Waals surface area (Å²) in [6.07, 6.45) is 4.51. The van der Waals surface area contributed by atoms with Crippen LogP contribution in [0.15, 0.2) is 6.20 Å². The van der Waals surface area contributed by atoms with E-state index in [2.05, 4.69) is 15.6 Å². The fourth-order valence-electron chi connectivity index (χ4n) is 1.65. The van der Waals surface area contributed by atoms with Gasteiger partial charge in [-0.25, -0.2) is 0 Å². The summed E-state index contributed by atoms with van der Waals surface area (Å²) in [5.74, 6) is -0.772.